The van der Waals surface area contributed by atoms with Gasteiger partial charge in [-0.25, -0.2) is 4.79 Å². The van der Waals surface area contributed by atoms with Crippen LogP contribution in [0.25, 0.3) is 0 Å². The van der Waals surface area contributed by atoms with Crippen LogP contribution in [0.5, 0.6) is 5.75 Å². The summed E-state index contributed by atoms with van der Waals surface area (Å²) in [7, 11) is 1.58. The first-order chi connectivity index (χ1) is 13.9. The molecule has 1 heterocycles. The molecule has 0 bridgehead atoms. The maximum absolute atomic E-state index is 13.4. The molecule has 0 N–H and O–H groups in total. The summed E-state index contributed by atoms with van der Waals surface area (Å²) in [6.07, 6.45) is 0.324. The number of anilines is 2. The smallest absolute Gasteiger partial charge is 0.414 e. The number of rotatable bonds is 4. The molecule has 29 heavy (non-hydrogen) atoms. The molecule has 0 fully saturated rings. The van der Waals surface area contributed by atoms with Crippen molar-refractivity contribution in [1.29, 1.82) is 0 Å². The lowest BCUT2D eigenvalue weighted by Gasteiger charge is -2.42. The number of ether oxygens (including phenoxy) is 2. The molecule has 0 aliphatic carbocycles. The monoisotopic (exact) mass is 396 g/mol. The van der Waals surface area contributed by atoms with Crippen molar-refractivity contribution in [1.82, 2.24) is 0 Å². The molecule has 1 aliphatic rings. The van der Waals surface area contributed by atoms with Crippen LogP contribution < -0.4 is 14.5 Å². The number of hydrogen-bond acceptors (Lipinski definition) is 4. The second-order valence-electron chi connectivity index (χ2n) is 7.20. The average Bonchev–Trinajstić information content (AvgIpc) is 2.73. The number of methoxy groups -OCH3 is 1. The lowest BCUT2D eigenvalue weighted by atomic mass is 9.99. The van der Waals surface area contributed by atoms with Gasteiger partial charge in [0.25, 0.3) is 5.91 Å². The van der Waals surface area contributed by atoms with Crippen molar-refractivity contribution in [2.24, 2.45) is 0 Å². The normalized spacial score (nSPS) is 15.7. The molecule has 6 nitrogen and oxygen atoms in total. The lowest BCUT2D eigenvalue weighted by Crippen LogP contribution is -2.53. The van der Waals surface area contributed by atoms with Gasteiger partial charge in [-0.1, -0.05) is 13.0 Å². The Kier molecular flexibility index (Phi) is 6.11. The van der Waals surface area contributed by atoms with Crippen LogP contribution >= 0.6 is 0 Å². The van der Waals surface area contributed by atoms with Gasteiger partial charge in [-0.15, -0.1) is 0 Å². The van der Waals surface area contributed by atoms with Gasteiger partial charge in [-0.05, 0) is 68.7 Å². The zero-order valence-corrected chi connectivity index (χ0v) is 17.7. The third kappa shape index (κ3) is 3.92. The lowest BCUT2D eigenvalue weighted by molar-refractivity contribution is 0.0981. The first kappa shape index (κ1) is 20.7. The Morgan fingerprint density at radius 2 is 1.76 bits per heavy atom. The molecule has 6 heteroatoms. The Morgan fingerprint density at radius 3 is 2.38 bits per heavy atom. The van der Waals surface area contributed by atoms with Gasteiger partial charge >= 0.3 is 6.09 Å². The molecule has 154 valence electrons. The zero-order chi connectivity index (χ0) is 21.1. The number of fused-ring (bicyclic) bond motifs is 1. The first-order valence-electron chi connectivity index (χ1n) is 9.94. The van der Waals surface area contributed by atoms with E-state index in [-0.39, 0.29) is 18.0 Å². The minimum absolute atomic E-state index is 0.115. The van der Waals surface area contributed by atoms with Crippen LogP contribution in [0.1, 0.15) is 41.8 Å². The van der Waals surface area contributed by atoms with Crippen LogP contribution in [0.15, 0.2) is 36.4 Å². The maximum Gasteiger partial charge on any atom is 0.414 e. The number of aryl methyl sites for hydroxylation is 2. The molecule has 0 saturated carbocycles. The summed E-state index contributed by atoms with van der Waals surface area (Å²) in [6.45, 7) is 8.52. The van der Waals surface area contributed by atoms with E-state index >= 15 is 0 Å². The van der Waals surface area contributed by atoms with Gasteiger partial charge in [0.15, 0.2) is 0 Å². The van der Waals surface area contributed by atoms with E-state index in [9.17, 15) is 9.59 Å². The highest BCUT2D eigenvalue weighted by Gasteiger charge is 2.37. The van der Waals surface area contributed by atoms with E-state index in [1.165, 1.54) is 0 Å². The predicted octanol–water partition coefficient (Wildman–Crippen LogP) is 4.71. The Morgan fingerprint density at radius 1 is 1.07 bits per heavy atom. The van der Waals surface area contributed by atoms with Crippen molar-refractivity contribution in [2.45, 2.75) is 40.2 Å². The van der Waals surface area contributed by atoms with Crippen LogP contribution in [0.4, 0.5) is 16.2 Å². The summed E-state index contributed by atoms with van der Waals surface area (Å²) in [5.41, 5.74) is 4.10. The van der Waals surface area contributed by atoms with Crippen LogP contribution in [-0.2, 0) is 4.74 Å². The SMILES string of the molecule is CCOC(=O)N1c2cc(C)c(C)cc2N(C(=O)c2cccc(OC)c2)CC1CC. The van der Waals surface area contributed by atoms with Crippen molar-refractivity contribution < 1.29 is 19.1 Å². The molecular weight excluding hydrogens is 368 g/mol. The molecule has 1 atom stereocenters. The first-order valence-corrected chi connectivity index (χ1v) is 9.94. The highest BCUT2D eigenvalue weighted by Crippen LogP contribution is 2.39. The minimum atomic E-state index is -0.377. The summed E-state index contributed by atoms with van der Waals surface area (Å²) >= 11 is 0. The maximum atomic E-state index is 13.4. The molecule has 2 aromatic carbocycles. The largest absolute Gasteiger partial charge is 0.497 e. The Labute approximate surface area is 172 Å². The summed E-state index contributed by atoms with van der Waals surface area (Å²) < 4.78 is 10.6. The van der Waals surface area contributed by atoms with Crippen LogP contribution in [0.2, 0.25) is 0 Å². The molecular formula is C23H28N2O4. The highest BCUT2D eigenvalue weighted by molar-refractivity contribution is 6.10. The Hall–Kier alpha value is -3.02. The van der Waals surface area contributed by atoms with E-state index in [0.717, 1.165) is 16.8 Å². The summed E-state index contributed by atoms with van der Waals surface area (Å²) in [5, 5.41) is 0. The van der Waals surface area contributed by atoms with E-state index in [2.05, 4.69) is 0 Å². The quantitative estimate of drug-likeness (QED) is 0.751. The van der Waals surface area contributed by atoms with Crippen LogP contribution in [0, 0.1) is 13.8 Å². The molecule has 1 aliphatic heterocycles. The molecule has 2 aromatic rings. The zero-order valence-electron chi connectivity index (χ0n) is 17.7. The second-order valence-corrected chi connectivity index (χ2v) is 7.20. The standard InChI is InChI=1S/C23H28N2O4/c1-6-18-14-24(22(26)17-9-8-10-19(13-17)28-5)20-11-15(3)16(4)12-21(20)25(18)23(27)29-7-2/h8-13,18H,6-7,14H2,1-5H3. The van der Waals surface area contributed by atoms with Crippen LogP contribution in [0.3, 0.4) is 0 Å². The molecule has 0 aromatic heterocycles. The second kappa shape index (κ2) is 8.55. The predicted molar refractivity (Wildman–Crippen MR) is 114 cm³/mol. The fourth-order valence-corrected chi connectivity index (χ4v) is 3.64. The summed E-state index contributed by atoms with van der Waals surface area (Å²) in [4.78, 5) is 29.6. The third-order valence-corrected chi connectivity index (χ3v) is 5.40. The molecule has 0 spiro atoms. The van der Waals surface area contributed by atoms with Crippen molar-refractivity contribution >= 4 is 23.4 Å². The van der Waals surface area contributed by atoms with Crippen molar-refractivity contribution in [3.05, 3.63) is 53.1 Å². The number of carbonyl (C=O) groups excluding carboxylic acids is 2. The number of amides is 2. The van der Waals surface area contributed by atoms with E-state index in [1.807, 2.05) is 39.0 Å². The average molecular weight is 396 g/mol. The highest BCUT2D eigenvalue weighted by atomic mass is 16.6. The van der Waals surface area contributed by atoms with E-state index in [0.29, 0.717) is 36.6 Å². The molecule has 0 saturated heterocycles. The fourth-order valence-electron chi connectivity index (χ4n) is 3.64. The number of carbonyl (C=O) groups is 2. The molecule has 3 rings (SSSR count). The van der Waals surface area contributed by atoms with Gasteiger partial charge in [0.2, 0.25) is 0 Å². The third-order valence-electron chi connectivity index (χ3n) is 5.40. The molecule has 2 amide bonds. The molecule has 0 radical (unpaired) electrons. The van der Waals surface area contributed by atoms with E-state index in [1.54, 1.807) is 42.0 Å². The topological polar surface area (TPSA) is 59.1 Å². The van der Waals surface area contributed by atoms with Crippen molar-refractivity contribution in [3.8, 4) is 5.75 Å². The number of nitrogens with zero attached hydrogens (tertiary/aromatic N) is 2. The van der Waals surface area contributed by atoms with Gasteiger partial charge in [-0.2, -0.15) is 0 Å². The Bertz CT molecular complexity index is 925. The van der Waals surface area contributed by atoms with Gasteiger partial charge in [0.05, 0.1) is 31.1 Å². The van der Waals surface area contributed by atoms with Crippen molar-refractivity contribution in [3.63, 3.8) is 0 Å². The fraction of sp³-hybridized carbons (Fsp3) is 0.391. The number of hydrogen-bond donors (Lipinski definition) is 0. The van der Waals surface area contributed by atoms with Crippen molar-refractivity contribution in [2.75, 3.05) is 30.1 Å². The van der Waals surface area contributed by atoms with Gasteiger partial charge in [0, 0.05) is 12.1 Å². The number of benzene rings is 2. The van der Waals surface area contributed by atoms with Gasteiger partial charge in [0.1, 0.15) is 5.75 Å². The van der Waals surface area contributed by atoms with Gasteiger partial charge in [-0.3, -0.25) is 9.69 Å². The van der Waals surface area contributed by atoms with E-state index in [4.69, 9.17) is 9.47 Å². The van der Waals surface area contributed by atoms with E-state index < -0.39 is 0 Å². The minimum Gasteiger partial charge on any atom is -0.497 e. The molecule has 1 unspecified atom stereocenters. The summed E-state index contributed by atoms with van der Waals surface area (Å²) in [5.74, 6) is 0.517. The Balaban J connectivity index is 2.11. The van der Waals surface area contributed by atoms with Gasteiger partial charge < -0.3 is 14.4 Å². The van der Waals surface area contributed by atoms with Crippen LogP contribution in [-0.4, -0.2) is 38.3 Å². The summed E-state index contributed by atoms with van der Waals surface area (Å²) in [6, 6.07) is 10.9.